The molecule has 3 heterocycles. The van der Waals surface area contributed by atoms with Crippen molar-refractivity contribution in [1.82, 2.24) is 24.3 Å². The molecule has 1 atom stereocenters. The van der Waals surface area contributed by atoms with Crippen molar-refractivity contribution >= 4 is 29.1 Å². The van der Waals surface area contributed by atoms with Crippen LogP contribution < -0.4 is 21.1 Å². The fourth-order valence-electron chi connectivity index (χ4n) is 4.99. The summed E-state index contributed by atoms with van der Waals surface area (Å²) in [7, 11) is 7.31. The van der Waals surface area contributed by atoms with Crippen LogP contribution in [0.5, 0.6) is 0 Å². The number of piperazine rings is 1. The number of anilines is 3. The molecule has 0 aliphatic carbocycles. The van der Waals surface area contributed by atoms with Crippen molar-refractivity contribution in [2.45, 2.75) is 26.8 Å². The van der Waals surface area contributed by atoms with Gasteiger partial charge in [-0.15, -0.1) is 0 Å². The molecule has 0 saturated carbocycles. The van der Waals surface area contributed by atoms with Crippen molar-refractivity contribution in [2.75, 3.05) is 56.3 Å². The van der Waals surface area contributed by atoms with E-state index >= 15 is 0 Å². The maximum absolute atomic E-state index is 13.1. The predicted molar refractivity (Wildman–Crippen MR) is 180 cm³/mol. The van der Waals surface area contributed by atoms with Gasteiger partial charge in [-0.05, 0) is 63.2 Å². The Bertz CT molecular complexity index is 1710. The number of carbonyl (C=O) groups is 2. The maximum atomic E-state index is 13.1. The van der Waals surface area contributed by atoms with Crippen molar-refractivity contribution in [3.05, 3.63) is 100 Å². The predicted octanol–water partition coefficient (Wildman–Crippen LogP) is 4.06. The van der Waals surface area contributed by atoms with Crippen LogP contribution in [0.3, 0.4) is 0 Å². The fraction of sp³-hybridized carbons (Fsp3) is 0.324. The lowest BCUT2D eigenvalue weighted by Crippen LogP contribution is -2.54. The summed E-state index contributed by atoms with van der Waals surface area (Å²) < 4.78 is 1.47. The van der Waals surface area contributed by atoms with Gasteiger partial charge < -0.3 is 25.0 Å². The van der Waals surface area contributed by atoms with Gasteiger partial charge >= 0.3 is 0 Å². The number of amides is 2. The van der Waals surface area contributed by atoms with Crippen molar-refractivity contribution < 1.29 is 9.59 Å². The van der Waals surface area contributed by atoms with Crippen LogP contribution in [0.4, 0.5) is 17.3 Å². The Hall–Kier alpha value is -5.03. The van der Waals surface area contributed by atoms with Gasteiger partial charge in [0.25, 0.3) is 11.5 Å². The zero-order valence-corrected chi connectivity index (χ0v) is 27.1. The van der Waals surface area contributed by atoms with Crippen LogP contribution in [-0.2, 0) is 11.8 Å². The zero-order chi connectivity index (χ0) is 32.8. The third kappa shape index (κ3) is 7.38. The highest BCUT2D eigenvalue weighted by molar-refractivity contribution is 6.05. The summed E-state index contributed by atoms with van der Waals surface area (Å²) in [6.45, 7) is 12.1. The van der Waals surface area contributed by atoms with E-state index < -0.39 is 6.04 Å². The first kappa shape index (κ1) is 32.9. The first-order valence-electron chi connectivity index (χ1n) is 14.9. The number of pyridine rings is 1. The number of hydrogen-bond acceptors (Lipinski definition) is 8. The molecule has 1 aliphatic rings. The van der Waals surface area contributed by atoms with E-state index in [-0.39, 0.29) is 23.2 Å². The second-order valence-electron chi connectivity index (χ2n) is 11.2. The standard InChI is InChI=1S/C34H42N8O3/c1-9-25(16-14-22(3)30-33(44)41(7)19-18-40(30)6)36-31-34(45)42(8)21-28(37-31)26-12-11-13-27(23(26)4)38-32(43)24-15-17-29(35-20-24)39(5)10-2/h9,11-17,20-21,30H,3,10,18-19H2,1-2,4-8H3,(H,36,37)(H,38,43)/b16-14-,25-9+. The summed E-state index contributed by atoms with van der Waals surface area (Å²) in [6.07, 6.45) is 8.63. The second kappa shape index (κ2) is 14.2. The van der Waals surface area contributed by atoms with E-state index in [0.717, 1.165) is 30.0 Å². The minimum atomic E-state index is -0.443. The van der Waals surface area contributed by atoms with E-state index in [2.05, 4.69) is 27.2 Å². The fourth-order valence-corrected chi connectivity index (χ4v) is 4.99. The molecule has 4 rings (SSSR count). The van der Waals surface area contributed by atoms with Gasteiger partial charge in [-0.1, -0.05) is 30.9 Å². The zero-order valence-electron chi connectivity index (χ0n) is 27.1. The van der Waals surface area contributed by atoms with Gasteiger partial charge in [0, 0.05) is 70.1 Å². The minimum absolute atomic E-state index is 0.000190. The van der Waals surface area contributed by atoms with Crippen molar-refractivity contribution in [2.24, 2.45) is 7.05 Å². The van der Waals surface area contributed by atoms with Gasteiger partial charge in [0.2, 0.25) is 5.91 Å². The molecule has 1 unspecified atom stereocenters. The lowest BCUT2D eigenvalue weighted by Gasteiger charge is -2.37. The van der Waals surface area contributed by atoms with Crippen LogP contribution in [0.25, 0.3) is 11.3 Å². The smallest absolute Gasteiger partial charge is 0.293 e. The molecule has 236 valence electrons. The van der Waals surface area contributed by atoms with Crippen LogP contribution in [0.2, 0.25) is 0 Å². The van der Waals surface area contributed by atoms with E-state index in [9.17, 15) is 14.4 Å². The SMILES string of the molecule is C=C(/C=C\C(=C/C)Nc1nc(-c2cccc(NC(=O)c3ccc(N(C)CC)nc3)c2C)cn(C)c1=O)C1C(=O)N(C)CCN1C. The molecule has 2 N–H and O–H groups in total. The number of hydrogen-bond donors (Lipinski definition) is 2. The Balaban J connectivity index is 1.55. The molecule has 0 spiro atoms. The van der Waals surface area contributed by atoms with E-state index in [1.807, 2.05) is 75.0 Å². The number of nitrogens with zero attached hydrogens (tertiary/aromatic N) is 6. The second-order valence-corrected chi connectivity index (χ2v) is 11.2. The van der Waals surface area contributed by atoms with Gasteiger partial charge in [0.1, 0.15) is 11.9 Å². The van der Waals surface area contributed by atoms with Crippen molar-refractivity contribution in [3.63, 3.8) is 0 Å². The number of aromatic nitrogens is 3. The first-order valence-corrected chi connectivity index (χ1v) is 14.9. The number of benzene rings is 1. The average molecular weight is 611 g/mol. The Morgan fingerprint density at radius 1 is 1.11 bits per heavy atom. The molecule has 1 aromatic carbocycles. The molecule has 1 saturated heterocycles. The first-order chi connectivity index (χ1) is 21.4. The normalized spacial score (nSPS) is 15.8. The Kier molecular flexibility index (Phi) is 10.4. The molecular formula is C34H42N8O3. The molecule has 2 amide bonds. The molecular weight excluding hydrogens is 568 g/mol. The van der Waals surface area contributed by atoms with Crippen LogP contribution in [-0.4, -0.2) is 83.0 Å². The van der Waals surface area contributed by atoms with E-state index in [1.165, 1.54) is 4.57 Å². The summed E-state index contributed by atoms with van der Waals surface area (Å²) in [6, 6.07) is 8.69. The average Bonchev–Trinajstić information content (AvgIpc) is 3.03. The summed E-state index contributed by atoms with van der Waals surface area (Å²) in [4.78, 5) is 53.6. The molecule has 11 nitrogen and oxygen atoms in total. The van der Waals surface area contributed by atoms with E-state index in [4.69, 9.17) is 0 Å². The molecule has 1 fully saturated rings. The van der Waals surface area contributed by atoms with Gasteiger partial charge in [-0.3, -0.25) is 19.3 Å². The van der Waals surface area contributed by atoms with Crippen molar-refractivity contribution in [3.8, 4) is 11.3 Å². The highest BCUT2D eigenvalue weighted by Crippen LogP contribution is 2.28. The number of rotatable bonds is 10. The lowest BCUT2D eigenvalue weighted by molar-refractivity contribution is -0.137. The highest BCUT2D eigenvalue weighted by Gasteiger charge is 2.31. The van der Waals surface area contributed by atoms with Crippen LogP contribution in [0, 0.1) is 6.92 Å². The summed E-state index contributed by atoms with van der Waals surface area (Å²) in [5, 5.41) is 6.12. The Labute approximate surface area is 264 Å². The van der Waals surface area contributed by atoms with Gasteiger partial charge in [0.15, 0.2) is 5.82 Å². The Morgan fingerprint density at radius 3 is 2.53 bits per heavy atom. The molecule has 3 aromatic rings. The molecule has 1 aliphatic heterocycles. The largest absolute Gasteiger partial charge is 0.360 e. The van der Waals surface area contributed by atoms with Crippen LogP contribution in [0.1, 0.15) is 29.8 Å². The summed E-state index contributed by atoms with van der Waals surface area (Å²) in [5.41, 5.74) is 4.16. The molecule has 0 bridgehead atoms. The molecule has 2 aromatic heterocycles. The maximum Gasteiger partial charge on any atom is 0.293 e. The quantitative estimate of drug-likeness (QED) is 0.331. The van der Waals surface area contributed by atoms with E-state index in [1.54, 1.807) is 49.6 Å². The van der Waals surface area contributed by atoms with Gasteiger partial charge in [-0.2, -0.15) is 0 Å². The summed E-state index contributed by atoms with van der Waals surface area (Å²) in [5.74, 6) is 0.655. The molecule has 45 heavy (non-hydrogen) atoms. The highest BCUT2D eigenvalue weighted by atomic mass is 16.2. The third-order valence-corrected chi connectivity index (χ3v) is 8.05. The van der Waals surface area contributed by atoms with Crippen LogP contribution >= 0.6 is 0 Å². The lowest BCUT2D eigenvalue weighted by atomic mass is 10.0. The van der Waals surface area contributed by atoms with E-state index in [0.29, 0.717) is 34.8 Å². The summed E-state index contributed by atoms with van der Waals surface area (Å²) >= 11 is 0. The minimum Gasteiger partial charge on any atom is -0.360 e. The Morgan fingerprint density at radius 2 is 1.87 bits per heavy atom. The number of aryl methyl sites for hydroxylation is 1. The monoisotopic (exact) mass is 610 g/mol. The third-order valence-electron chi connectivity index (χ3n) is 8.05. The van der Waals surface area contributed by atoms with Gasteiger partial charge in [0.05, 0.1) is 11.3 Å². The van der Waals surface area contributed by atoms with Gasteiger partial charge in [-0.25, -0.2) is 9.97 Å². The number of likely N-dealkylation sites (N-methyl/N-ethyl adjacent to an activating group) is 2. The topological polar surface area (TPSA) is 116 Å². The number of carbonyl (C=O) groups excluding carboxylic acids is 2. The molecule has 11 heteroatoms. The number of nitrogens with one attached hydrogen (secondary N) is 2. The number of allylic oxidation sites excluding steroid dienone is 2. The molecule has 0 radical (unpaired) electrons. The van der Waals surface area contributed by atoms with Crippen molar-refractivity contribution in [1.29, 1.82) is 0 Å². The van der Waals surface area contributed by atoms with Crippen LogP contribution in [0.15, 0.2) is 83.6 Å².